The zero-order valence-electron chi connectivity index (χ0n) is 16.5. The molecule has 2 heterocycles. The Morgan fingerprint density at radius 3 is 2.59 bits per heavy atom. The van der Waals surface area contributed by atoms with Crippen molar-refractivity contribution in [3.05, 3.63) is 74.9 Å². The van der Waals surface area contributed by atoms with Crippen LogP contribution in [0.15, 0.2) is 42.5 Å². The molecule has 0 saturated heterocycles. The molecule has 1 atom stereocenters. The highest BCUT2D eigenvalue weighted by Gasteiger charge is 2.28. The molecule has 2 aromatic carbocycles. The standard InChI is InChI=1S/C22H22Cl2N4.ClH/c1-13-14(2)25-22(26-17-7-4-6-16(23)12-17)27-21(13)28-11-10-19-18(15(28)3)8-5-9-20(19)24;/h4-9,12,15H,10-11H2,1-3H3,(H,25,26,27);1H. The van der Waals surface area contributed by atoms with Crippen LogP contribution in [-0.2, 0) is 6.42 Å². The lowest BCUT2D eigenvalue weighted by atomic mass is 9.93. The smallest absolute Gasteiger partial charge is 0.229 e. The lowest BCUT2D eigenvalue weighted by molar-refractivity contribution is 0.614. The minimum absolute atomic E-state index is 0. The molecule has 0 fully saturated rings. The normalized spacial score (nSPS) is 15.5. The highest BCUT2D eigenvalue weighted by Crippen LogP contribution is 2.37. The fourth-order valence-electron chi connectivity index (χ4n) is 3.76. The number of hydrogen-bond donors (Lipinski definition) is 1. The Morgan fingerprint density at radius 1 is 1.07 bits per heavy atom. The second kappa shape index (κ2) is 8.78. The van der Waals surface area contributed by atoms with E-state index in [1.807, 2.05) is 43.3 Å². The van der Waals surface area contributed by atoms with Gasteiger partial charge in [0, 0.05) is 33.5 Å². The summed E-state index contributed by atoms with van der Waals surface area (Å²) in [6.45, 7) is 7.16. The van der Waals surface area contributed by atoms with E-state index >= 15 is 0 Å². The van der Waals surface area contributed by atoms with Gasteiger partial charge in [0.1, 0.15) is 5.82 Å². The number of aryl methyl sites for hydroxylation is 1. The van der Waals surface area contributed by atoms with Crippen LogP contribution in [0.2, 0.25) is 10.0 Å². The molecule has 3 aromatic rings. The summed E-state index contributed by atoms with van der Waals surface area (Å²) in [5, 5.41) is 4.80. The van der Waals surface area contributed by atoms with Crippen molar-refractivity contribution in [3.63, 3.8) is 0 Å². The lowest BCUT2D eigenvalue weighted by Crippen LogP contribution is -2.35. The van der Waals surface area contributed by atoms with Crippen molar-refractivity contribution >= 4 is 53.1 Å². The van der Waals surface area contributed by atoms with E-state index in [2.05, 4.69) is 35.1 Å². The van der Waals surface area contributed by atoms with Gasteiger partial charge in [-0.1, -0.05) is 41.4 Å². The van der Waals surface area contributed by atoms with Crippen molar-refractivity contribution in [2.45, 2.75) is 33.2 Å². The summed E-state index contributed by atoms with van der Waals surface area (Å²) in [4.78, 5) is 11.8. The van der Waals surface area contributed by atoms with Crippen LogP contribution in [0.5, 0.6) is 0 Å². The van der Waals surface area contributed by atoms with Crippen molar-refractivity contribution in [1.82, 2.24) is 9.97 Å². The van der Waals surface area contributed by atoms with Crippen LogP contribution in [0.1, 0.15) is 35.3 Å². The molecule has 0 bridgehead atoms. The molecule has 0 saturated carbocycles. The number of benzene rings is 2. The quantitative estimate of drug-likeness (QED) is 0.483. The molecule has 29 heavy (non-hydrogen) atoms. The van der Waals surface area contributed by atoms with Crippen LogP contribution in [0.3, 0.4) is 0 Å². The summed E-state index contributed by atoms with van der Waals surface area (Å²) < 4.78 is 0. The molecule has 7 heteroatoms. The molecule has 1 aromatic heterocycles. The van der Waals surface area contributed by atoms with Crippen molar-refractivity contribution in [1.29, 1.82) is 0 Å². The van der Waals surface area contributed by atoms with Crippen molar-refractivity contribution in [2.75, 3.05) is 16.8 Å². The van der Waals surface area contributed by atoms with Gasteiger partial charge in [-0.25, -0.2) is 4.98 Å². The summed E-state index contributed by atoms with van der Waals surface area (Å²) in [7, 11) is 0. The molecule has 4 rings (SSSR count). The molecule has 0 radical (unpaired) electrons. The summed E-state index contributed by atoms with van der Waals surface area (Å²) in [5.41, 5.74) is 5.42. The number of hydrogen-bond acceptors (Lipinski definition) is 4. The van der Waals surface area contributed by atoms with Gasteiger partial charge < -0.3 is 10.2 Å². The summed E-state index contributed by atoms with van der Waals surface area (Å²) >= 11 is 12.5. The van der Waals surface area contributed by atoms with Gasteiger partial charge in [-0.05, 0) is 62.6 Å². The third-order valence-electron chi connectivity index (χ3n) is 5.39. The largest absolute Gasteiger partial charge is 0.349 e. The van der Waals surface area contributed by atoms with E-state index in [9.17, 15) is 0 Å². The average Bonchev–Trinajstić information content (AvgIpc) is 2.66. The first-order valence-electron chi connectivity index (χ1n) is 9.36. The molecule has 1 aliphatic heterocycles. The summed E-state index contributed by atoms with van der Waals surface area (Å²) in [5.74, 6) is 1.53. The van der Waals surface area contributed by atoms with Crippen LogP contribution < -0.4 is 10.2 Å². The van der Waals surface area contributed by atoms with E-state index in [0.717, 1.165) is 40.8 Å². The topological polar surface area (TPSA) is 41.1 Å². The first-order valence-corrected chi connectivity index (χ1v) is 10.1. The lowest BCUT2D eigenvalue weighted by Gasteiger charge is -2.37. The van der Waals surface area contributed by atoms with Crippen molar-refractivity contribution in [2.24, 2.45) is 0 Å². The molecule has 1 N–H and O–H groups in total. The molecule has 152 valence electrons. The predicted octanol–water partition coefficient (Wildman–Crippen LogP) is 6.69. The molecular formula is C22H23Cl3N4. The molecule has 1 aliphatic rings. The molecular weight excluding hydrogens is 427 g/mol. The Labute approximate surface area is 187 Å². The predicted molar refractivity (Wildman–Crippen MR) is 124 cm³/mol. The second-order valence-corrected chi connectivity index (χ2v) is 7.99. The summed E-state index contributed by atoms with van der Waals surface area (Å²) in [6, 6.07) is 13.9. The molecule has 1 unspecified atom stereocenters. The third-order valence-corrected chi connectivity index (χ3v) is 5.98. The van der Waals surface area contributed by atoms with Crippen LogP contribution >= 0.6 is 35.6 Å². The molecule has 0 amide bonds. The van der Waals surface area contributed by atoms with Gasteiger partial charge in [-0.15, -0.1) is 12.4 Å². The number of fused-ring (bicyclic) bond motifs is 1. The first kappa shape index (κ1) is 21.7. The Morgan fingerprint density at radius 2 is 1.83 bits per heavy atom. The Kier molecular flexibility index (Phi) is 6.57. The minimum atomic E-state index is 0. The van der Waals surface area contributed by atoms with Crippen LogP contribution in [0, 0.1) is 13.8 Å². The van der Waals surface area contributed by atoms with Crippen LogP contribution in [0.25, 0.3) is 0 Å². The zero-order valence-corrected chi connectivity index (χ0v) is 18.9. The highest BCUT2D eigenvalue weighted by atomic mass is 35.5. The molecule has 0 spiro atoms. The summed E-state index contributed by atoms with van der Waals surface area (Å²) in [6.07, 6.45) is 0.902. The van der Waals surface area contributed by atoms with Gasteiger partial charge in [0.15, 0.2) is 0 Å². The second-order valence-electron chi connectivity index (χ2n) is 7.14. The Hall–Kier alpha value is -2.01. The zero-order chi connectivity index (χ0) is 19.8. The van der Waals surface area contributed by atoms with E-state index < -0.39 is 0 Å². The van der Waals surface area contributed by atoms with Gasteiger partial charge in [0.25, 0.3) is 0 Å². The molecule has 4 nitrogen and oxygen atoms in total. The van der Waals surface area contributed by atoms with Gasteiger partial charge >= 0.3 is 0 Å². The monoisotopic (exact) mass is 448 g/mol. The maximum absolute atomic E-state index is 6.42. The number of halogens is 3. The van der Waals surface area contributed by atoms with Crippen molar-refractivity contribution in [3.8, 4) is 0 Å². The molecule has 0 aliphatic carbocycles. The van der Waals surface area contributed by atoms with Gasteiger partial charge in [-0.2, -0.15) is 4.98 Å². The number of anilines is 3. The third kappa shape index (κ3) is 4.30. The minimum Gasteiger partial charge on any atom is -0.349 e. The average molecular weight is 450 g/mol. The maximum atomic E-state index is 6.42. The Bertz CT molecular complexity index is 1040. The van der Waals surface area contributed by atoms with E-state index in [4.69, 9.17) is 28.2 Å². The van der Waals surface area contributed by atoms with Gasteiger partial charge in [-0.3, -0.25) is 0 Å². The maximum Gasteiger partial charge on any atom is 0.229 e. The van der Waals surface area contributed by atoms with Crippen LogP contribution in [-0.4, -0.2) is 16.5 Å². The van der Waals surface area contributed by atoms with E-state index in [-0.39, 0.29) is 18.4 Å². The number of aromatic nitrogens is 2. The number of rotatable bonds is 3. The van der Waals surface area contributed by atoms with Gasteiger partial charge in [0.05, 0.1) is 6.04 Å². The van der Waals surface area contributed by atoms with Gasteiger partial charge in [0.2, 0.25) is 5.95 Å². The fourth-order valence-corrected chi connectivity index (χ4v) is 4.22. The SMILES string of the molecule is Cc1nc(Nc2cccc(Cl)c2)nc(N2CCc3c(Cl)cccc3C2C)c1C.Cl. The highest BCUT2D eigenvalue weighted by molar-refractivity contribution is 6.31. The van der Waals surface area contributed by atoms with Crippen molar-refractivity contribution < 1.29 is 0 Å². The first-order chi connectivity index (χ1) is 13.4. The van der Waals surface area contributed by atoms with E-state index in [1.54, 1.807) is 0 Å². The van der Waals surface area contributed by atoms with E-state index in [1.165, 1.54) is 11.1 Å². The fraction of sp³-hybridized carbons (Fsp3) is 0.273. The Balaban J connectivity index is 0.00000240. The number of nitrogens with zero attached hydrogens (tertiary/aromatic N) is 3. The van der Waals surface area contributed by atoms with Crippen LogP contribution in [0.4, 0.5) is 17.5 Å². The number of nitrogens with one attached hydrogen (secondary N) is 1. The van der Waals surface area contributed by atoms with E-state index in [0.29, 0.717) is 11.0 Å².